The van der Waals surface area contributed by atoms with Crippen molar-refractivity contribution in [3.05, 3.63) is 71.7 Å². The lowest BCUT2D eigenvalue weighted by Gasteiger charge is -2.45. The van der Waals surface area contributed by atoms with E-state index in [1.807, 2.05) is 52.2 Å². The average molecular weight is 489 g/mol. The first kappa shape index (κ1) is 24.0. The molecule has 188 valence electrons. The number of hydrogen-bond donors (Lipinski definition) is 0. The van der Waals surface area contributed by atoms with Gasteiger partial charge < -0.3 is 14.5 Å². The third-order valence-corrected chi connectivity index (χ3v) is 7.14. The number of carbonyl (C=O) groups is 2. The predicted molar refractivity (Wildman–Crippen MR) is 136 cm³/mol. The van der Waals surface area contributed by atoms with Crippen molar-refractivity contribution in [3.63, 3.8) is 0 Å². The van der Waals surface area contributed by atoms with Gasteiger partial charge in [0, 0.05) is 62.6 Å². The summed E-state index contributed by atoms with van der Waals surface area (Å²) in [5, 5.41) is 4.74. The topological polar surface area (TPSA) is 83.8 Å². The van der Waals surface area contributed by atoms with Crippen LogP contribution in [0.3, 0.4) is 0 Å². The second-order valence-corrected chi connectivity index (χ2v) is 9.62. The molecule has 0 spiro atoms. The van der Waals surface area contributed by atoms with Crippen molar-refractivity contribution in [2.75, 3.05) is 38.2 Å². The van der Waals surface area contributed by atoms with Gasteiger partial charge in [0.15, 0.2) is 0 Å². The van der Waals surface area contributed by atoms with Crippen LogP contribution in [0, 0.1) is 0 Å². The van der Waals surface area contributed by atoms with Crippen LogP contribution in [-0.4, -0.2) is 81.8 Å². The normalized spacial score (nSPS) is 20.2. The van der Waals surface area contributed by atoms with Crippen LogP contribution in [0.4, 0.5) is 5.82 Å². The van der Waals surface area contributed by atoms with E-state index in [4.69, 9.17) is 9.84 Å². The molecule has 9 heteroatoms. The van der Waals surface area contributed by atoms with Gasteiger partial charge in [0.25, 0.3) is 0 Å². The Morgan fingerprint density at radius 2 is 1.81 bits per heavy atom. The van der Waals surface area contributed by atoms with Gasteiger partial charge in [0.2, 0.25) is 5.91 Å². The van der Waals surface area contributed by atoms with Gasteiger partial charge >= 0.3 is 5.97 Å². The monoisotopic (exact) mass is 488 g/mol. The summed E-state index contributed by atoms with van der Waals surface area (Å²) >= 11 is 0. The number of fused-ring (bicyclic) bond motifs is 1. The van der Waals surface area contributed by atoms with Gasteiger partial charge in [-0.3, -0.25) is 9.69 Å². The van der Waals surface area contributed by atoms with Crippen LogP contribution in [0.5, 0.6) is 0 Å². The molecule has 1 amide bonds. The first-order chi connectivity index (χ1) is 17.4. The molecule has 1 aromatic carbocycles. The van der Waals surface area contributed by atoms with Gasteiger partial charge in [-0.1, -0.05) is 18.2 Å². The zero-order chi connectivity index (χ0) is 25.2. The van der Waals surface area contributed by atoms with Crippen LogP contribution >= 0.6 is 0 Å². The Hall–Kier alpha value is -3.72. The molecule has 2 aliphatic heterocycles. The minimum Gasteiger partial charge on any atom is -0.465 e. The van der Waals surface area contributed by atoms with E-state index < -0.39 is 5.97 Å². The predicted octanol–water partition coefficient (Wildman–Crippen LogP) is 2.54. The van der Waals surface area contributed by atoms with E-state index in [-0.39, 0.29) is 18.0 Å². The number of piperazine rings is 1. The molecule has 0 unspecified atom stereocenters. The van der Waals surface area contributed by atoms with E-state index >= 15 is 0 Å². The molecule has 3 aromatic rings. The number of esters is 1. The van der Waals surface area contributed by atoms with Gasteiger partial charge in [0.1, 0.15) is 5.82 Å². The lowest BCUT2D eigenvalue weighted by molar-refractivity contribution is -0.134. The average Bonchev–Trinajstić information content (AvgIpc) is 3.34. The van der Waals surface area contributed by atoms with Gasteiger partial charge in [-0.25, -0.2) is 14.5 Å². The molecule has 36 heavy (non-hydrogen) atoms. The Morgan fingerprint density at radius 3 is 2.47 bits per heavy atom. The molecule has 0 N–H and O–H groups in total. The van der Waals surface area contributed by atoms with Crippen LogP contribution < -0.4 is 4.90 Å². The molecule has 2 aliphatic rings. The molecule has 1 saturated heterocycles. The number of pyridine rings is 1. The molecule has 2 atom stereocenters. The summed E-state index contributed by atoms with van der Waals surface area (Å²) in [4.78, 5) is 35.9. The molecular formula is C27H32N6O3. The SMILES string of the molecule is COC(=O)c1ccc(N2C[C@@H](C)N(CC(=O)N3CCc4nn(-c5ccccc5)cc4C3)[C@@H](C)C2)nc1. The number of ether oxygens (including phenoxy) is 1. The standard InChI is InChI=1S/C27H32N6O3/c1-19-14-31(25-10-9-21(13-28-25)27(35)36-3)15-20(2)32(19)18-26(34)30-12-11-24-22(16-30)17-33(29-24)23-7-5-4-6-8-23/h4-10,13,17,19-20H,11-12,14-16,18H2,1-3H3/t19-,20+. The molecule has 1 fully saturated rings. The van der Waals surface area contributed by atoms with Gasteiger partial charge in [-0.2, -0.15) is 5.10 Å². The summed E-state index contributed by atoms with van der Waals surface area (Å²) in [5.74, 6) is 0.587. The van der Waals surface area contributed by atoms with Crippen molar-refractivity contribution in [2.45, 2.75) is 38.9 Å². The van der Waals surface area contributed by atoms with E-state index in [0.29, 0.717) is 25.2 Å². The molecule has 0 saturated carbocycles. The van der Waals surface area contributed by atoms with Crippen LogP contribution in [0.15, 0.2) is 54.9 Å². The highest BCUT2D eigenvalue weighted by Gasteiger charge is 2.33. The van der Waals surface area contributed by atoms with Crippen LogP contribution in [0.1, 0.15) is 35.5 Å². The van der Waals surface area contributed by atoms with Gasteiger partial charge in [0.05, 0.1) is 30.6 Å². The Kier molecular flexibility index (Phi) is 6.73. The fraction of sp³-hybridized carbons (Fsp3) is 0.407. The fourth-order valence-electron chi connectivity index (χ4n) is 5.16. The van der Waals surface area contributed by atoms with Crippen LogP contribution in [0.25, 0.3) is 5.69 Å². The smallest absolute Gasteiger partial charge is 0.339 e. The molecule has 4 heterocycles. The first-order valence-electron chi connectivity index (χ1n) is 12.4. The maximum absolute atomic E-state index is 13.3. The lowest BCUT2D eigenvalue weighted by atomic mass is 10.1. The molecule has 0 aliphatic carbocycles. The second-order valence-electron chi connectivity index (χ2n) is 9.62. The Balaban J connectivity index is 1.20. The maximum Gasteiger partial charge on any atom is 0.339 e. The number of anilines is 1. The Labute approximate surface area is 211 Å². The quantitative estimate of drug-likeness (QED) is 0.511. The second kappa shape index (κ2) is 10.1. The number of para-hydroxylation sites is 1. The number of nitrogens with zero attached hydrogens (tertiary/aromatic N) is 6. The van der Waals surface area contributed by atoms with Crippen molar-refractivity contribution in [1.82, 2.24) is 24.6 Å². The van der Waals surface area contributed by atoms with Crippen LogP contribution in [-0.2, 0) is 22.5 Å². The molecule has 0 radical (unpaired) electrons. The van der Waals surface area contributed by atoms with E-state index in [9.17, 15) is 9.59 Å². The highest BCUT2D eigenvalue weighted by molar-refractivity contribution is 5.89. The van der Waals surface area contributed by atoms with Gasteiger partial charge in [-0.15, -0.1) is 0 Å². The van der Waals surface area contributed by atoms with E-state index in [2.05, 4.69) is 28.6 Å². The largest absolute Gasteiger partial charge is 0.465 e. The van der Waals surface area contributed by atoms with Crippen molar-refractivity contribution < 1.29 is 14.3 Å². The number of hydrogen-bond acceptors (Lipinski definition) is 7. The van der Waals surface area contributed by atoms with Crippen molar-refractivity contribution in [3.8, 4) is 5.69 Å². The third kappa shape index (κ3) is 4.83. The highest BCUT2D eigenvalue weighted by Crippen LogP contribution is 2.23. The minimum absolute atomic E-state index is 0.154. The highest BCUT2D eigenvalue weighted by atomic mass is 16.5. The summed E-state index contributed by atoms with van der Waals surface area (Å²) in [6.45, 7) is 7.50. The number of carbonyl (C=O) groups excluding carboxylic acids is 2. The van der Waals surface area contributed by atoms with E-state index in [1.54, 1.807) is 12.3 Å². The number of methoxy groups -OCH3 is 1. The van der Waals surface area contributed by atoms with Crippen LogP contribution in [0.2, 0.25) is 0 Å². The minimum atomic E-state index is -0.392. The molecule has 2 aromatic heterocycles. The zero-order valence-electron chi connectivity index (χ0n) is 21.0. The number of aromatic nitrogens is 3. The Bertz CT molecular complexity index is 1210. The Morgan fingerprint density at radius 1 is 1.06 bits per heavy atom. The zero-order valence-corrected chi connectivity index (χ0v) is 21.0. The summed E-state index contributed by atoms with van der Waals surface area (Å²) in [6.07, 6.45) is 4.37. The van der Waals surface area contributed by atoms with E-state index in [1.165, 1.54) is 7.11 Å². The first-order valence-corrected chi connectivity index (χ1v) is 12.4. The number of benzene rings is 1. The summed E-state index contributed by atoms with van der Waals surface area (Å²) in [6, 6.07) is 14.0. The van der Waals surface area contributed by atoms with Crippen molar-refractivity contribution in [1.29, 1.82) is 0 Å². The third-order valence-electron chi connectivity index (χ3n) is 7.14. The summed E-state index contributed by atoms with van der Waals surface area (Å²) < 4.78 is 6.67. The molecule has 0 bridgehead atoms. The number of amides is 1. The fourth-order valence-corrected chi connectivity index (χ4v) is 5.16. The molecular weight excluding hydrogens is 456 g/mol. The van der Waals surface area contributed by atoms with Crippen molar-refractivity contribution >= 4 is 17.7 Å². The summed E-state index contributed by atoms with van der Waals surface area (Å²) in [7, 11) is 1.36. The summed E-state index contributed by atoms with van der Waals surface area (Å²) in [5.41, 5.74) is 3.65. The lowest BCUT2D eigenvalue weighted by Crippen LogP contribution is -2.59. The van der Waals surface area contributed by atoms with E-state index in [0.717, 1.165) is 42.3 Å². The molecule has 9 nitrogen and oxygen atoms in total. The maximum atomic E-state index is 13.3. The van der Waals surface area contributed by atoms with Gasteiger partial charge in [-0.05, 0) is 38.1 Å². The number of rotatable bonds is 5. The van der Waals surface area contributed by atoms with Crippen molar-refractivity contribution in [2.24, 2.45) is 0 Å². The molecule has 5 rings (SSSR count).